The zero-order valence-electron chi connectivity index (χ0n) is 9.52. The minimum atomic E-state index is -0.365. The highest BCUT2D eigenvalue weighted by Crippen LogP contribution is 2.01. The third kappa shape index (κ3) is 5.37. The van der Waals surface area contributed by atoms with Gasteiger partial charge < -0.3 is 14.7 Å². The molecule has 0 aromatic rings. The molecule has 0 aromatic heterocycles. The third-order valence-electron chi connectivity index (χ3n) is 2.17. The van der Waals surface area contributed by atoms with Gasteiger partial charge in [0.1, 0.15) is 0 Å². The van der Waals surface area contributed by atoms with Gasteiger partial charge in [0.2, 0.25) is 5.91 Å². The van der Waals surface area contributed by atoms with Crippen molar-refractivity contribution in [2.75, 3.05) is 20.3 Å². The van der Waals surface area contributed by atoms with Crippen LogP contribution in [0.2, 0.25) is 0 Å². The van der Waals surface area contributed by atoms with E-state index in [1.54, 1.807) is 20.9 Å². The first-order valence-corrected chi connectivity index (χ1v) is 5.05. The smallest absolute Gasteiger partial charge is 0.306 e. The monoisotopic (exact) mass is 217 g/mol. The van der Waals surface area contributed by atoms with Gasteiger partial charge >= 0.3 is 5.97 Å². The molecule has 1 N–H and O–H groups in total. The van der Waals surface area contributed by atoms with Crippen LogP contribution in [0.5, 0.6) is 0 Å². The second-order valence-corrected chi connectivity index (χ2v) is 3.34. The molecular weight excluding hydrogens is 198 g/mol. The van der Waals surface area contributed by atoms with E-state index < -0.39 is 0 Å². The second-order valence-electron chi connectivity index (χ2n) is 3.34. The summed E-state index contributed by atoms with van der Waals surface area (Å²) in [5.41, 5.74) is 0. The van der Waals surface area contributed by atoms with Gasteiger partial charge in [-0.25, -0.2) is 0 Å². The van der Waals surface area contributed by atoms with Gasteiger partial charge in [0.25, 0.3) is 0 Å². The molecule has 0 radical (unpaired) electrons. The number of likely N-dealkylation sites (N-methyl/N-ethyl adjacent to an activating group) is 1. The summed E-state index contributed by atoms with van der Waals surface area (Å²) in [6.45, 7) is 3.71. The van der Waals surface area contributed by atoms with Crippen LogP contribution in [0.3, 0.4) is 0 Å². The molecule has 88 valence electrons. The Morgan fingerprint density at radius 2 is 2.00 bits per heavy atom. The molecule has 0 spiro atoms. The summed E-state index contributed by atoms with van der Waals surface area (Å²) in [6, 6.07) is -0.223. The first-order chi connectivity index (χ1) is 7.02. The number of carbonyl (C=O) groups excluding carboxylic acids is 2. The van der Waals surface area contributed by atoms with Crippen molar-refractivity contribution >= 4 is 11.9 Å². The van der Waals surface area contributed by atoms with Crippen LogP contribution >= 0.6 is 0 Å². The molecule has 0 aromatic carbocycles. The van der Waals surface area contributed by atoms with E-state index in [0.717, 1.165) is 0 Å². The Morgan fingerprint density at radius 3 is 2.47 bits per heavy atom. The number of nitrogens with zero attached hydrogens (tertiary/aromatic N) is 1. The maximum atomic E-state index is 11.5. The van der Waals surface area contributed by atoms with Gasteiger partial charge in [-0.1, -0.05) is 0 Å². The number of amides is 1. The topological polar surface area (TPSA) is 66.8 Å². The van der Waals surface area contributed by atoms with Crippen LogP contribution < -0.4 is 0 Å². The molecular formula is C10H19NO4. The Bertz CT molecular complexity index is 217. The Hall–Kier alpha value is -1.10. The number of carbonyl (C=O) groups is 2. The average Bonchev–Trinajstić information content (AvgIpc) is 2.24. The molecule has 0 saturated heterocycles. The largest absolute Gasteiger partial charge is 0.466 e. The lowest BCUT2D eigenvalue weighted by Gasteiger charge is -2.22. The SMILES string of the molecule is CCOC(=O)CCC(=O)N(C)C(C)CO. The summed E-state index contributed by atoms with van der Waals surface area (Å²) in [6.07, 6.45) is 0.217. The molecule has 0 fully saturated rings. The van der Waals surface area contributed by atoms with Crippen LogP contribution in [0, 0.1) is 0 Å². The molecule has 0 aliphatic carbocycles. The van der Waals surface area contributed by atoms with Crippen molar-refractivity contribution < 1.29 is 19.4 Å². The highest BCUT2D eigenvalue weighted by atomic mass is 16.5. The minimum absolute atomic E-state index is 0.0817. The fourth-order valence-corrected chi connectivity index (χ4v) is 0.987. The molecule has 0 bridgehead atoms. The molecule has 15 heavy (non-hydrogen) atoms. The number of hydrogen-bond donors (Lipinski definition) is 1. The van der Waals surface area contributed by atoms with E-state index in [0.29, 0.717) is 6.61 Å². The van der Waals surface area contributed by atoms with E-state index in [2.05, 4.69) is 0 Å². The van der Waals surface area contributed by atoms with Crippen LogP contribution in [-0.4, -0.2) is 48.2 Å². The molecule has 0 heterocycles. The van der Waals surface area contributed by atoms with Crippen molar-refractivity contribution in [1.82, 2.24) is 4.90 Å². The van der Waals surface area contributed by atoms with Crippen molar-refractivity contribution in [2.24, 2.45) is 0 Å². The lowest BCUT2D eigenvalue weighted by atomic mass is 10.2. The molecule has 0 aliphatic heterocycles. The van der Waals surface area contributed by atoms with Crippen LogP contribution in [0.15, 0.2) is 0 Å². The number of esters is 1. The predicted molar refractivity (Wildman–Crippen MR) is 55.2 cm³/mol. The Labute approximate surface area is 90.0 Å². The van der Waals surface area contributed by atoms with Crippen LogP contribution in [0.4, 0.5) is 0 Å². The molecule has 0 rings (SSSR count). The van der Waals surface area contributed by atoms with Crippen molar-refractivity contribution in [3.63, 3.8) is 0 Å². The van der Waals surface area contributed by atoms with Crippen molar-refractivity contribution in [3.05, 3.63) is 0 Å². The summed E-state index contributed by atoms with van der Waals surface area (Å²) in [7, 11) is 1.61. The quantitative estimate of drug-likeness (QED) is 0.644. The highest BCUT2D eigenvalue weighted by molar-refractivity contribution is 5.81. The van der Waals surface area contributed by atoms with E-state index in [1.165, 1.54) is 4.90 Å². The van der Waals surface area contributed by atoms with Gasteiger partial charge in [-0.2, -0.15) is 0 Å². The van der Waals surface area contributed by atoms with E-state index in [9.17, 15) is 9.59 Å². The normalized spacial score (nSPS) is 12.0. The number of rotatable bonds is 6. The van der Waals surface area contributed by atoms with E-state index in [1.807, 2.05) is 0 Å². The van der Waals surface area contributed by atoms with Gasteiger partial charge in [-0.3, -0.25) is 9.59 Å². The van der Waals surface area contributed by atoms with E-state index in [-0.39, 0.29) is 37.4 Å². The number of aliphatic hydroxyl groups is 1. The van der Waals surface area contributed by atoms with Crippen LogP contribution in [0.1, 0.15) is 26.7 Å². The maximum absolute atomic E-state index is 11.5. The number of hydrogen-bond acceptors (Lipinski definition) is 4. The van der Waals surface area contributed by atoms with Crippen molar-refractivity contribution in [2.45, 2.75) is 32.7 Å². The lowest BCUT2D eigenvalue weighted by Crippen LogP contribution is -2.37. The summed E-state index contributed by atoms with van der Waals surface area (Å²) < 4.78 is 4.70. The second kappa shape index (κ2) is 7.23. The summed E-state index contributed by atoms with van der Waals surface area (Å²) >= 11 is 0. The molecule has 0 saturated carbocycles. The van der Waals surface area contributed by atoms with E-state index in [4.69, 9.17) is 9.84 Å². The first kappa shape index (κ1) is 13.9. The number of aliphatic hydroxyl groups excluding tert-OH is 1. The van der Waals surface area contributed by atoms with Crippen LogP contribution in [0.25, 0.3) is 0 Å². The Morgan fingerprint density at radius 1 is 1.40 bits per heavy atom. The zero-order chi connectivity index (χ0) is 11.8. The summed E-state index contributed by atoms with van der Waals surface area (Å²) in [5.74, 6) is -0.527. The third-order valence-corrected chi connectivity index (χ3v) is 2.17. The molecule has 1 atom stereocenters. The first-order valence-electron chi connectivity index (χ1n) is 5.05. The molecule has 1 amide bonds. The molecule has 0 aliphatic rings. The number of ether oxygens (including phenoxy) is 1. The van der Waals surface area contributed by atoms with Gasteiger partial charge in [0.15, 0.2) is 0 Å². The fraction of sp³-hybridized carbons (Fsp3) is 0.800. The highest BCUT2D eigenvalue weighted by Gasteiger charge is 2.16. The van der Waals surface area contributed by atoms with Gasteiger partial charge in [-0.05, 0) is 13.8 Å². The Kier molecular flexibility index (Phi) is 6.70. The molecule has 1 unspecified atom stereocenters. The standard InChI is InChI=1S/C10H19NO4/c1-4-15-10(14)6-5-9(13)11(3)8(2)7-12/h8,12H,4-7H2,1-3H3. The van der Waals surface area contributed by atoms with Crippen molar-refractivity contribution in [1.29, 1.82) is 0 Å². The van der Waals surface area contributed by atoms with Gasteiger partial charge in [-0.15, -0.1) is 0 Å². The minimum Gasteiger partial charge on any atom is -0.466 e. The summed E-state index contributed by atoms with van der Waals surface area (Å²) in [4.78, 5) is 23.9. The molecule has 5 heteroatoms. The van der Waals surface area contributed by atoms with Gasteiger partial charge in [0, 0.05) is 13.5 Å². The lowest BCUT2D eigenvalue weighted by molar-refractivity contribution is -0.145. The molecule has 5 nitrogen and oxygen atoms in total. The fourth-order valence-electron chi connectivity index (χ4n) is 0.987. The average molecular weight is 217 g/mol. The van der Waals surface area contributed by atoms with Crippen molar-refractivity contribution in [3.8, 4) is 0 Å². The predicted octanol–water partition coefficient (Wildman–Crippen LogP) is 0.169. The summed E-state index contributed by atoms with van der Waals surface area (Å²) in [5, 5.41) is 8.83. The maximum Gasteiger partial charge on any atom is 0.306 e. The van der Waals surface area contributed by atoms with Gasteiger partial charge in [0.05, 0.1) is 25.7 Å². The van der Waals surface area contributed by atoms with Crippen LogP contribution in [-0.2, 0) is 14.3 Å². The zero-order valence-corrected chi connectivity index (χ0v) is 9.52. The Balaban J connectivity index is 3.88. The van der Waals surface area contributed by atoms with E-state index >= 15 is 0 Å².